The maximum atomic E-state index is 12.7. The standard InChI is InChI=1S/C13H12F3NO3.C12H16N2O/c14-13(15,16)8-1-2-9-10(5-8)20-6-11-12(9)17(7-18)3-4-19-11;1-7-2-3-11-8(4-7)9-5-15-6-10(9)12(13)14-11/h1-2,5,7,11-12H,3-4,6H2;7H,2-6H2,1H3,(H2,13,14)/t11-,12+;7-/m10/s1. The number of aryl methyl sites for hydroxylation is 1. The van der Waals surface area contributed by atoms with Gasteiger partial charge in [-0.25, -0.2) is 4.98 Å². The summed E-state index contributed by atoms with van der Waals surface area (Å²) in [6.07, 6.45) is -0.588. The first kappa shape index (κ1) is 23.9. The molecule has 10 heteroatoms. The molecular weight excluding hydrogens is 463 g/mol. The summed E-state index contributed by atoms with van der Waals surface area (Å²) >= 11 is 0. The fourth-order valence-electron chi connectivity index (χ4n) is 5.30. The molecule has 2 aromatic rings. The van der Waals surface area contributed by atoms with Crippen molar-refractivity contribution in [1.82, 2.24) is 9.88 Å². The quantitative estimate of drug-likeness (QED) is 0.611. The van der Waals surface area contributed by atoms with Crippen LogP contribution in [-0.4, -0.2) is 42.2 Å². The molecule has 4 aliphatic rings. The van der Waals surface area contributed by atoms with Gasteiger partial charge in [-0.1, -0.05) is 13.0 Å². The summed E-state index contributed by atoms with van der Waals surface area (Å²) in [4.78, 5) is 17.2. The van der Waals surface area contributed by atoms with Gasteiger partial charge in [0.05, 0.1) is 31.4 Å². The smallest absolute Gasteiger partial charge is 0.416 e. The van der Waals surface area contributed by atoms with E-state index in [-0.39, 0.29) is 24.5 Å². The van der Waals surface area contributed by atoms with Gasteiger partial charge in [0.1, 0.15) is 24.3 Å². The van der Waals surface area contributed by atoms with Gasteiger partial charge >= 0.3 is 6.18 Å². The number of hydrogen-bond donors (Lipinski definition) is 1. The molecule has 2 N–H and O–H groups in total. The number of nitrogens with two attached hydrogens (primary N) is 1. The lowest BCUT2D eigenvalue weighted by Gasteiger charge is -2.42. The van der Waals surface area contributed by atoms with Crippen LogP contribution >= 0.6 is 0 Å². The molecule has 7 nitrogen and oxygen atoms in total. The Bertz CT molecular complexity index is 1120. The summed E-state index contributed by atoms with van der Waals surface area (Å²) in [6, 6.07) is 2.96. The lowest BCUT2D eigenvalue weighted by Crippen LogP contribution is -2.49. The molecule has 3 atom stereocenters. The molecule has 0 saturated carbocycles. The number of aromatic nitrogens is 1. The van der Waals surface area contributed by atoms with Crippen LogP contribution < -0.4 is 10.5 Å². The number of nitrogens with zero attached hydrogens (tertiary/aromatic N) is 2. The number of nitrogen functional groups attached to an aromatic ring is 1. The van der Waals surface area contributed by atoms with Crippen LogP contribution in [0, 0.1) is 5.92 Å². The number of ether oxygens (including phenoxy) is 3. The van der Waals surface area contributed by atoms with E-state index >= 15 is 0 Å². The van der Waals surface area contributed by atoms with E-state index in [1.165, 1.54) is 29.3 Å². The molecule has 1 aromatic heterocycles. The zero-order chi connectivity index (χ0) is 24.7. The monoisotopic (exact) mass is 491 g/mol. The third kappa shape index (κ3) is 4.56. The number of pyridine rings is 1. The number of carbonyl (C=O) groups is 1. The van der Waals surface area contributed by atoms with Crippen molar-refractivity contribution in [2.45, 2.75) is 57.7 Å². The minimum Gasteiger partial charge on any atom is -0.490 e. The number of alkyl halides is 3. The molecule has 4 heterocycles. The molecule has 1 saturated heterocycles. The van der Waals surface area contributed by atoms with Gasteiger partial charge in [-0.2, -0.15) is 13.2 Å². The van der Waals surface area contributed by atoms with E-state index in [0.29, 0.717) is 37.5 Å². The van der Waals surface area contributed by atoms with E-state index in [4.69, 9.17) is 19.9 Å². The summed E-state index contributed by atoms with van der Waals surface area (Å²) in [7, 11) is 0. The Kier molecular flexibility index (Phi) is 6.35. The first-order valence-corrected chi connectivity index (χ1v) is 11.8. The Morgan fingerprint density at radius 2 is 2.00 bits per heavy atom. The number of benzene rings is 1. The van der Waals surface area contributed by atoms with Crippen molar-refractivity contribution in [2.24, 2.45) is 5.92 Å². The zero-order valence-electron chi connectivity index (χ0n) is 19.4. The molecule has 1 amide bonds. The van der Waals surface area contributed by atoms with Crippen LogP contribution in [0.4, 0.5) is 19.0 Å². The minimum absolute atomic E-state index is 0.142. The molecule has 1 fully saturated rings. The molecule has 0 bridgehead atoms. The molecule has 35 heavy (non-hydrogen) atoms. The predicted octanol–water partition coefficient (Wildman–Crippen LogP) is 3.81. The summed E-state index contributed by atoms with van der Waals surface area (Å²) in [5.41, 5.74) is 10.9. The van der Waals surface area contributed by atoms with Crippen LogP contribution in [0.5, 0.6) is 5.75 Å². The third-order valence-corrected chi connectivity index (χ3v) is 7.15. The Morgan fingerprint density at radius 3 is 2.77 bits per heavy atom. The van der Waals surface area contributed by atoms with E-state index < -0.39 is 11.7 Å². The molecule has 1 aliphatic carbocycles. The van der Waals surface area contributed by atoms with E-state index in [9.17, 15) is 18.0 Å². The lowest BCUT2D eigenvalue weighted by molar-refractivity contribution is -0.140. The summed E-state index contributed by atoms with van der Waals surface area (Å²) < 4.78 is 54.4. The number of amides is 1. The second-order valence-corrected chi connectivity index (χ2v) is 9.48. The minimum atomic E-state index is -4.41. The van der Waals surface area contributed by atoms with Gasteiger partial charge in [-0.3, -0.25) is 4.79 Å². The normalized spacial score (nSPS) is 24.7. The summed E-state index contributed by atoms with van der Waals surface area (Å²) in [5.74, 6) is 1.63. The lowest BCUT2D eigenvalue weighted by atomic mass is 9.84. The maximum absolute atomic E-state index is 12.7. The van der Waals surface area contributed by atoms with Crippen LogP contribution in [0.3, 0.4) is 0 Å². The van der Waals surface area contributed by atoms with Gasteiger partial charge in [0, 0.05) is 23.4 Å². The van der Waals surface area contributed by atoms with Crippen LogP contribution in [0.15, 0.2) is 18.2 Å². The Morgan fingerprint density at radius 1 is 1.20 bits per heavy atom. The van der Waals surface area contributed by atoms with Crippen molar-refractivity contribution in [3.8, 4) is 5.75 Å². The third-order valence-electron chi connectivity index (χ3n) is 7.15. The van der Waals surface area contributed by atoms with E-state index in [1.54, 1.807) is 4.90 Å². The topological polar surface area (TPSA) is 86.9 Å². The van der Waals surface area contributed by atoms with Crippen molar-refractivity contribution in [1.29, 1.82) is 0 Å². The first-order valence-electron chi connectivity index (χ1n) is 11.8. The molecule has 0 spiro atoms. The highest BCUT2D eigenvalue weighted by molar-refractivity contribution is 5.53. The van der Waals surface area contributed by atoms with Crippen molar-refractivity contribution >= 4 is 12.2 Å². The highest BCUT2D eigenvalue weighted by Gasteiger charge is 2.40. The molecule has 0 unspecified atom stereocenters. The number of rotatable bonds is 1. The van der Waals surface area contributed by atoms with Crippen molar-refractivity contribution in [2.75, 3.05) is 25.5 Å². The highest BCUT2D eigenvalue weighted by atomic mass is 19.4. The van der Waals surface area contributed by atoms with E-state index in [1.807, 2.05) is 0 Å². The van der Waals surface area contributed by atoms with Crippen molar-refractivity contribution < 1.29 is 32.2 Å². The number of anilines is 1. The molecular formula is C25H28F3N3O4. The van der Waals surface area contributed by atoms with Gasteiger partial charge < -0.3 is 24.8 Å². The van der Waals surface area contributed by atoms with Crippen molar-refractivity contribution in [3.63, 3.8) is 0 Å². The van der Waals surface area contributed by atoms with Crippen LogP contribution in [0.1, 0.15) is 52.9 Å². The first-order chi connectivity index (χ1) is 16.8. The van der Waals surface area contributed by atoms with E-state index in [0.717, 1.165) is 43.1 Å². The number of hydrogen-bond acceptors (Lipinski definition) is 6. The number of halogens is 3. The molecule has 0 radical (unpaired) electrons. The number of fused-ring (bicyclic) bond motifs is 6. The van der Waals surface area contributed by atoms with Gasteiger partial charge in [-0.05, 0) is 48.4 Å². The van der Waals surface area contributed by atoms with Crippen molar-refractivity contribution in [3.05, 3.63) is 51.7 Å². The average molecular weight is 492 g/mol. The number of morpholine rings is 1. The SMILES string of the molecule is C[C@H]1CCc2nc(N)c3c(c2C1)COC3.O=CN1CCO[C@@H]2COc3cc(C(F)(F)F)ccc3[C@@H]21. The maximum Gasteiger partial charge on any atom is 0.416 e. The Balaban J connectivity index is 0.000000151. The average Bonchev–Trinajstić information content (AvgIpc) is 3.35. The number of carbonyl (C=O) groups excluding carboxylic acids is 1. The van der Waals surface area contributed by atoms with Crippen LogP contribution in [-0.2, 0) is 46.5 Å². The summed E-state index contributed by atoms with van der Waals surface area (Å²) in [6.45, 7) is 4.65. The van der Waals surface area contributed by atoms with Crippen LogP contribution in [0.25, 0.3) is 0 Å². The Hall–Kier alpha value is -2.85. The van der Waals surface area contributed by atoms with Gasteiger partial charge in [0.25, 0.3) is 0 Å². The summed E-state index contributed by atoms with van der Waals surface area (Å²) in [5, 5.41) is 0. The van der Waals surface area contributed by atoms with Crippen LogP contribution in [0.2, 0.25) is 0 Å². The zero-order valence-corrected chi connectivity index (χ0v) is 19.4. The largest absolute Gasteiger partial charge is 0.490 e. The molecule has 188 valence electrons. The molecule has 6 rings (SSSR count). The van der Waals surface area contributed by atoms with Gasteiger partial charge in [0.2, 0.25) is 6.41 Å². The predicted molar refractivity (Wildman–Crippen MR) is 121 cm³/mol. The fourth-order valence-corrected chi connectivity index (χ4v) is 5.30. The fraction of sp³-hybridized carbons (Fsp3) is 0.520. The Labute approximate surface area is 201 Å². The van der Waals surface area contributed by atoms with Gasteiger partial charge in [0.15, 0.2) is 0 Å². The van der Waals surface area contributed by atoms with E-state index in [2.05, 4.69) is 11.9 Å². The highest BCUT2D eigenvalue weighted by Crippen LogP contribution is 2.41. The second kappa shape index (κ2) is 9.31. The second-order valence-electron chi connectivity index (χ2n) is 9.48. The molecule has 1 aromatic carbocycles. The van der Waals surface area contributed by atoms with Gasteiger partial charge in [-0.15, -0.1) is 0 Å². The molecule has 3 aliphatic heterocycles.